The highest BCUT2D eigenvalue weighted by Gasteiger charge is 2.39. The van der Waals surface area contributed by atoms with Gasteiger partial charge in [-0.3, -0.25) is 0 Å². The summed E-state index contributed by atoms with van der Waals surface area (Å²) in [6.07, 6.45) is 7.43. The van der Waals surface area contributed by atoms with Crippen LogP contribution in [0.15, 0.2) is 30.3 Å². The summed E-state index contributed by atoms with van der Waals surface area (Å²) in [5, 5.41) is 10.2. The van der Waals surface area contributed by atoms with Crippen LogP contribution in [0.2, 0.25) is 0 Å². The second-order valence-corrected chi connectivity index (χ2v) is 6.01. The third-order valence-electron chi connectivity index (χ3n) is 4.77. The zero-order chi connectivity index (χ0) is 11.7. The van der Waals surface area contributed by atoms with Crippen LogP contribution in [0.3, 0.4) is 0 Å². The largest absolute Gasteiger partial charge is 0.393 e. The van der Waals surface area contributed by atoms with Gasteiger partial charge in [0.15, 0.2) is 0 Å². The van der Waals surface area contributed by atoms with Crippen LogP contribution in [0.1, 0.15) is 37.7 Å². The molecular formula is C16H22O. The van der Waals surface area contributed by atoms with Crippen LogP contribution in [-0.4, -0.2) is 11.2 Å². The lowest BCUT2D eigenvalue weighted by molar-refractivity contribution is 0.124. The van der Waals surface area contributed by atoms with E-state index in [4.69, 9.17) is 0 Å². The van der Waals surface area contributed by atoms with Gasteiger partial charge < -0.3 is 5.11 Å². The van der Waals surface area contributed by atoms with Crippen LogP contribution in [0.25, 0.3) is 0 Å². The minimum Gasteiger partial charge on any atom is -0.393 e. The van der Waals surface area contributed by atoms with Crippen molar-refractivity contribution in [1.29, 1.82) is 0 Å². The standard InChI is InChI=1S/C16H22O/c17-16(10-12-4-2-1-3-5-12)11-15-9-13-6-7-14(15)8-13/h1-5,13-17H,6-11H2. The fourth-order valence-electron chi connectivity index (χ4n) is 3.98. The van der Waals surface area contributed by atoms with Gasteiger partial charge in [0.2, 0.25) is 0 Å². The highest BCUT2D eigenvalue weighted by molar-refractivity contribution is 5.15. The minimum atomic E-state index is -0.137. The molecule has 0 heterocycles. The summed E-state index contributed by atoms with van der Waals surface area (Å²) >= 11 is 0. The molecule has 2 fully saturated rings. The Morgan fingerprint density at radius 1 is 1.12 bits per heavy atom. The third-order valence-corrected chi connectivity index (χ3v) is 4.77. The first-order valence-electron chi connectivity index (χ1n) is 7.03. The van der Waals surface area contributed by atoms with Gasteiger partial charge in [-0.15, -0.1) is 0 Å². The zero-order valence-electron chi connectivity index (χ0n) is 10.4. The Morgan fingerprint density at radius 3 is 2.59 bits per heavy atom. The van der Waals surface area contributed by atoms with E-state index in [2.05, 4.69) is 24.3 Å². The van der Waals surface area contributed by atoms with E-state index in [1.54, 1.807) is 0 Å². The topological polar surface area (TPSA) is 20.2 Å². The molecule has 1 nitrogen and oxygen atoms in total. The molecule has 0 amide bonds. The molecule has 17 heavy (non-hydrogen) atoms. The van der Waals surface area contributed by atoms with Crippen molar-refractivity contribution in [2.45, 2.75) is 44.6 Å². The first-order valence-corrected chi connectivity index (χ1v) is 7.03. The Bertz CT molecular complexity index is 359. The van der Waals surface area contributed by atoms with Crippen molar-refractivity contribution in [2.24, 2.45) is 17.8 Å². The van der Waals surface area contributed by atoms with Gasteiger partial charge in [-0.25, -0.2) is 0 Å². The summed E-state index contributed by atoms with van der Waals surface area (Å²) in [4.78, 5) is 0. The van der Waals surface area contributed by atoms with Gasteiger partial charge in [0.1, 0.15) is 0 Å². The molecule has 1 aromatic carbocycles. The monoisotopic (exact) mass is 230 g/mol. The Hall–Kier alpha value is -0.820. The summed E-state index contributed by atoms with van der Waals surface area (Å²) in [6.45, 7) is 0. The highest BCUT2D eigenvalue weighted by atomic mass is 16.3. The smallest absolute Gasteiger partial charge is 0.0583 e. The Balaban J connectivity index is 1.52. The third kappa shape index (κ3) is 2.55. The maximum absolute atomic E-state index is 10.2. The summed E-state index contributed by atoms with van der Waals surface area (Å²) in [7, 11) is 0. The highest BCUT2D eigenvalue weighted by Crippen LogP contribution is 2.49. The predicted octanol–water partition coefficient (Wildman–Crippen LogP) is 3.42. The second kappa shape index (κ2) is 4.81. The average Bonchev–Trinajstić information content (AvgIpc) is 2.92. The Labute approximate surface area is 104 Å². The molecule has 0 saturated heterocycles. The normalized spacial score (nSPS) is 32.9. The van der Waals surface area contributed by atoms with Crippen LogP contribution in [0.5, 0.6) is 0 Å². The van der Waals surface area contributed by atoms with Gasteiger partial charge in [-0.1, -0.05) is 36.8 Å². The molecule has 4 unspecified atom stereocenters. The number of aliphatic hydroxyl groups is 1. The Morgan fingerprint density at radius 2 is 1.94 bits per heavy atom. The zero-order valence-corrected chi connectivity index (χ0v) is 10.4. The van der Waals surface area contributed by atoms with Gasteiger partial charge in [-0.2, -0.15) is 0 Å². The fourth-order valence-corrected chi connectivity index (χ4v) is 3.98. The maximum Gasteiger partial charge on any atom is 0.0583 e. The van der Waals surface area contributed by atoms with Gasteiger partial charge in [-0.05, 0) is 55.4 Å². The number of hydrogen-bond donors (Lipinski definition) is 1. The van der Waals surface area contributed by atoms with Crippen molar-refractivity contribution in [1.82, 2.24) is 0 Å². The average molecular weight is 230 g/mol. The number of rotatable bonds is 4. The SMILES string of the molecule is OC(Cc1ccccc1)CC1CC2CCC1C2. The van der Waals surface area contributed by atoms with Gasteiger partial charge >= 0.3 is 0 Å². The van der Waals surface area contributed by atoms with Crippen molar-refractivity contribution in [3.8, 4) is 0 Å². The molecule has 1 heteroatoms. The fraction of sp³-hybridized carbons (Fsp3) is 0.625. The van der Waals surface area contributed by atoms with E-state index in [0.29, 0.717) is 0 Å². The molecule has 92 valence electrons. The first kappa shape index (κ1) is 11.3. The molecule has 2 aliphatic rings. The van der Waals surface area contributed by atoms with E-state index in [1.165, 1.54) is 31.2 Å². The van der Waals surface area contributed by atoms with Crippen LogP contribution in [-0.2, 0) is 6.42 Å². The van der Waals surface area contributed by atoms with Crippen molar-refractivity contribution < 1.29 is 5.11 Å². The molecule has 3 rings (SSSR count). The van der Waals surface area contributed by atoms with E-state index >= 15 is 0 Å². The molecule has 0 aliphatic heterocycles. The molecule has 1 aromatic rings. The molecule has 1 N–H and O–H groups in total. The molecule has 0 radical (unpaired) electrons. The van der Waals surface area contributed by atoms with E-state index < -0.39 is 0 Å². The molecule has 2 bridgehead atoms. The predicted molar refractivity (Wildman–Crippen MR) is 69.7 cm³/mol. The van der Waals surface area contributed by atoms with Crippen molar-refractivity contribution in [3.05, 3.63) is 35.9 Å². The second-order valence-electron chi connectivity index (χ2n) is 6.01. The minimum absolute atomic E-state index is 0.137. The van der Waals surface area contributed by atoms with Gasteiger partial charge in [0, 0.05) is 0 Å². The number of benzene rings is 1. The lowest BCUT2D eigenvalue weighted by atomic mass is 9.84. The van der Waals surface area contributed by atoms with Crippen LogP contribution >= 0.6 is 0 Å². The Kier molecular flexibility index (Phi) is 3.19. The summed E-state index contributed by atoms with van der Waals surface area (Å²) in [5.74, 6) is 2.74. The van der Waals surface area contributed by atoms with Crippen molar-refractivity contribution in [2.75, 3.05) is 0 Å². The van der Waals surface area contributed by atoms with E-state index in [0.717, 1.165) is 30.6 Å². The molecule has 4 atom stereocenters. The van der Waals surface area contributed by atoms with Gasteiger partial charge in [0.05, 0.1) is 6.10 Å². The van der Waals surface area contributed by atoms with E-state index in [9.17, 15) is 5.11 Å². The number of hydrogen-bond acceptors (Lipinski definition) is 1. The molecule has 2 aliphatic carbocycles. The van der Waals surface area contributed by atoms with Crippen LogP contribution in [0, 0.1) is 17.8 Å². The van der Waals surface area contributed by atoms with Crippen LogP contribution in [0.4, 0.5) is 0 Å². The summed E-state index contributed by atoms with van der Waals surface area (Å²) in [5.41, 5.74) is 1.27. The first-order chi connectivity index (χ1) is 8.31. The van der Waals surface area contributed by atoms with Gasteiger partial charge in [0.25, 0.3) is 0 Å². The lowest BCUT2D eigenvalue weighted by Crippen LogP contribution is -2.20. The molecular weight excluding hydrogens is 208 g/mol. The summed E-state index contributed by atoms with van der Waals surface area (Å²) in [6, 6.07) is 10.4. The van der Waals surface area contributed by atoms with E-state index in [-0.39, 0.29) is 6.10 Å². The quantitative estimate of drug-likeness (QED) is 0.840. The maximum atomic E-state index is 10.2. The number of aliphatic hydroxyl groups excluding tert-OH is 1. The lowest BCUT2D eigenvalue weighted by Gasteiger charge is -2.24. The van der Waals surface area contributed by atoms with E-state index in [1.807, 2.05) is 6.07 Å². The van der Waals surface area contributed by atoms with Crippen molar-refractivity contribution >= 4 is 0 Å². The molecule has 0 spiro atoms. The van der Waals surface area contributed by atoms with Crippen molar-refractivity contribution in [3.63, 3.8) is 0 Å². The number of fused-ring (bicyclic) bond motifs is 2. The molecule has 0 aromatic heterocycles. The molecule has 2 saturated carbocycles. The van der Waals surface area contributed by atoms with Crippen LogP contribution < -0.4 is 0 Å². The summed E-state index contributed by atoms with van der Waals surface area (Å²) < 4.78 is 0.